The number of nitro groups is 1. The second kappa shape index (κ2) is 6.29. The maximum Gasteiger partial charge on any atom is 0.288 e. The average Bonchev–Trinajstić information content (AvgIpc) is 2.32. The number of thiocarbonyl (C=S) groups is 1. The summed E-state index contributed by atoms with van der Waals surface area (Å²) in [4.78, 5) is 10.3. The molecule has 1 rings (SSSR count). The molecule has 102 valence electrons. The molecule has 0 amide bonds. The number of nitrogens with one attached hydrogen (secondary N) is 1. The van der Waals surface area contributed by atoms with Gasteiger partial charge < -0.3 is 15.6 Å². The summed E-state index contributed by atoms with van der Waals surface area (Å²) in [6.07, 6.45) is 1.13. The van der Waals surface area contributed by atoms with E-state index in [1.165, 1.54) is 7.11 Å². The highest BCUT2D eigenvalue weighted by atomic mass is 79.9. The van der Waals surface area contributed by atoms with E-state index in [4.69, 9.17) is 10.5 Å². The number of methoxy groups -OCH3 is 1. The second-order valence-electron chi connectivity index (χ2n) is 3.17. The van der Waals surface area contributed by atoms with Gasteiger partial charge in [0.15, 0.2) is 16.6 Å². The molecular weight excluding hydrogens is 340 g/mol. The van der Waals surface area contributed by atoms with E-state index in [-0.39, 0.29) is 32.3 Å². The van der Waals surface area contributed by atoms with Crippen LogP contribution in [0.1, 0.15) is 5.56 Å². The highest BCUT2D eigenvalue weighted by Crippen LogP contribution is 2.40. The fourth-order valence-corrected chi connectivity index (χ4v) is 1.80. The van der Waals surface area contributed by atoms with Crippen LogP contribution in [0.5, 0.6) is 11.5 Å². The molecule has 0 fully saturated rings. The Morgan fingerprint density at radius 3 is 2.89 bits per heavy atom. The summed E-state index contributed by atoms with van der Waals surface area (Å²) in [5, 5.41) is 24.3. The van der Waals surface area contributed by atoms with Gasteiger partial charge in [0.05, 0.1) is 29.9 Å². The van der Waals surface area contributed by atoms with Crippen LogP contribution in [0.3, 0.4) is 0 Å². The molecule has 0 saturated carbocycles. The first-order chi connectivity index (χ1) is 8.88. The second-order valence-corrected chi connectivity index (χ2v) is 4.40. The van der Waals surface area contributed by atoms with E-state index >= 15 is 0 Å². The Morgan fingerprint density at radius 2 is 2.42 bits per heavy atom. The van der Waals surface area contributed by atoms with Gasteiger partial charge in [-0.2, -0.15) is 5.10 Å². The van der Waals surface area contributed by atoms with Crippen molar-refractivity contribution in [3.8, 4) is 11.5 Å². The molecule has 0 radical (unpaired) electrons. The van der Waals surface area contributed by atoms with E-state index in [0.29, 0.717) is 0 Å². The SMILES string of the molecule is COc1cc([N+](=O)[O-])c(Br)c(C=NNC(N)=S)c1O. The van der Waals surface area contributed by atoms with Crippen LogP contribution in [0.4, 0.5) is 5.69 Å². The highest BCUT2D eigenvalue weighted by molar-refractivity contribution is 9.10. The summed E-state index contributed by atoms with van der Waals surface area (Å²) in [6.45, 7) is 0. The third-order valence-corrected chi connectivity index (χ3v) is 2.93. The van der Waals surface area contributed by atoms with Gasteiger partial charge in [-0.05, 0) is 28.1 Å². The maximum absolute atomic E-state index is 10.9. The first-order valence-corrected chi connectivity index (χ1v) is 5.91. The summed E-state index contributed by atoms with van der Waals surface area (Å²) in [6, 6.07) is 1.09. The van der Waals surface area contributed by atoms with Crippen LogP contribution in [0.2, 0.25) is 0 Å². The van der Waals surface area contributed by atoms with E-state index in [9.17, 15) is 15.2 Å². The monoisotopic (exact) mass is 348 g/mol. The molecule has 0 aliphatic rings. The third kappa shape index (κ3) is 3.51. The number of halogens is 1. The molecule has 10 heteroatoms. The lowest BCUT2D eigenvalue weighted by molar-refractivity contribution is -0.385. The van der Waals surface area contributed by atoms with Crippen molar-refractivity contribution in [2.75, 3.05) is 7.11 Å². The molecule has 8 nitrogen and oxygen atoms in total. The van der Waals surface area contributed by atoms with Crippen LogP contribution in [0.25, 0.3) is 0 Å². The number of benzene rings is 1. The standard InChI is InChI=1S/C9H9BrN4O4S/c1-18-6-2-5(14(16)17)7(10)4(8(6)15)3-12-13-9(11)19/h2-3,15H,1H3,(H3,11,13,19). The highest BCUT2D eigenvalue weighted by Gasteiger charge is 2.22. The summed E-state index contributed by atoms with van der Waals surface area (Å²) in [5.41, 5.74) is 7.23. The van der Waals surface area contributed by atoms with Gasteiger partial charge in [-0.3, -0.25) is 15.5 Å². The van der Waals surface area contributed by atoms with Crippen molar-refractivity contribution < 1.29 is 14.8 Å². The van der Waals surface area contributed by atoms with Gasteiger partial charge in [0.1, 0.15) is 4.47 Å². The lowest BCUT2D eigenvalue weighted by Crippen LogP contribution is -2.24. The Hall–Kier alpha value is -1.94. The summed E-state index contributed by atoms with van der Waals surface area (Å²) < 4.78 is 4.91. The predicted octanol–water partition coefficient (Wildman–Crippen LogP) is 1.24. The minimum absolute atomic E-state index is 0.0494. The lowest BCUT2D eigenvalue weighted by Gasteiger charge is -2.08. The molecule has 0 spiro atoms. The number of hydrogen-bond donors (Lipinski definition) is 3. The molecule has 4 N–H and O–H groups in total. The molecule has 1 aromatic rings. The Morgan fingerprint density at radius 1 is 1.79 bits per heavy atom. The normalized spacial score (nSPS) is 10.4. The third-order valence-electron chi connectivity index (χ3n) is 2.00. The minimum atomic E-state index is -0.621. The van der Waals surface area contributed by atoms with Gasteiger partial charge in [-0.1, -0.05) is 0 Å². The predicted molar refractivity (Wildman–Crippen MR) is 76.5 cm³/mol. The van der Waals surface area contributed by atoms with Crippen molar-refractivity contribution >= 4 is 45.2 Å². The first kappa shape index (κ1) is 15.1. The van der Waals surface area contributed by atoms with Crippen molar-refractivity contribution in [1.29, 1.82) is 0 Å². The number of aromatic hydroxyl groups is 1. The van der Waals surface area contributed by atoms with Crippen molar-refractivity contribution in [3.63, 3.8) is 0 Å². The summed E-state index contributed by atoms with van der Waals surface area (Å²) in [5.74, 6) is -0.347. The first-order valence-electron chi connectivity index (χ1n) is 4.70. The fraction of sp³-hybridized carbons (Fsp3) is 0.111. The Kier molecular flexibility index (Phi) is 5.01. The zero-order chi connectivity index (χ0) is 14.6. The van der Waals surface area contributed by atoms with Gasteiger partial charge in [-0.15, -0.1) is 0 Å². The van der Waals surface area contributed by atoms with Crippen LogP contribution in [0.15, 0.2) is 15.6 Å². The number of rotatable bonds is 4. The van der Waals surface area contributed by atoms with E-state index < -0.39 is 4.92 Å². The van der Waals surface area contributed by atoms with Gasteiger partial charge in [0.25, 0.3) is 5.69 Å². The van der Waals surface area contributed by atoms with E-state index in [1.54, 1.807) is 0 Å². The van der Waals surface area contributed by atoms with Crippen molar-refractivity contribution in [3.05, 3.63) is 26.2 Å². The molecule has 0 aliphatic heterocycles. The van der Waals surface area contributed by atoms with Crippen LogP contribution >= 0.6 is 28.1 Å². The quantitative estimate of drug-likeness (QED) is 0.323. The summed E-state index contributed by atoms with van der Waals surface area (Å²) in [7, 11) is 1.28. The summed E-state index contributed by atoms with van der Waals surface area (Å²) >= 11 is 7.56. The number of nitrogens with zero attached hydrogens (tertiary/aromatic N) is 2. The van der Waals surface area contributed by atoms with Gasteiger partial charge in [-0.25, -0.2) is 0 Å². The van der Waals surface area contributed by atoms with Crippen LogP contribution in [-0.4, -0.2) is 28.5 Å². The number of nitrogens with two attached hydrogens (primary N) is 1. The number of phenols is 1. The molecule has 0 unspecified atom stereocenters. The molecule has 0 saturated heterocycles. The maximum atomic E-state index is 10.9. The topological polar surface area (TPSA) is 123 Å². The van der Waals surface area contributed by atoms with Crippen molar-refractivity contribution in [2.45, 2.75) is 0 Å². The Bertz CT molecular complexity index is 564. The van der Waals surface area contributed by atoms with E-state index in [2.05, 4.69) is 38.7 Å². The van der Waals surface area contributed by atoms with E-state index in [0.717, 1.165) is 12.3 Å². The molecular formula is C9H9BrN4O4S. The van der Waals surface area contributed by atoms with Crippen molar-refractivity contribution in [2.24, 2.45) is 10.8 Å². The minimum Gasteiger partial charge on any atom is -0.504 e. The zero-order valence-electron chi connectivity index (χ0n) is 9.58. The zero-order valence-corrected chi connectivity index (χ0v) is 12.0. The van der Waals surface area contributed by atoms with Gasteiger partial charge in [0.2, 0.25) is 0 Å². The number of ether oxygens (including phenoxy) is 1. The molecule has 19 heavy (non-hydrogen) atoms. The Labute approximate surface area is 121 Å². The van der Waals surface area contributed by atoms with Crippen LogP contribution in [-0.2, 0) is 0 Å². The fourth-order valence-electron chi connectivity index (χ4n) is 1.20. The van der Waals surface area contributed by atoms with Crippen LogP contribution < -0.4 is 15.9 Å². The number of phenolic OH excluding ortho intramolecular Hbond substituents is 1. The average molecular weight is 349 g/mol. The number of nitro benzene ring substituents is 1. The molecule has 0 aromatic heterocycles. The molecule has 0 bridgehead atoms. The molecule has 1 aromatic carbocycles. The number of hydrazone groups is 1. The molecule has 0 heterocycles. The number of hydrogen-bond acceptors (Lipinski definition) is 6. The smallest absolute Gasteiger partial charge is 0.288 e. The molecule has 0 atom stereocenters. The Balaban J connectivity index is 3.35. The van der Waals surface area contributed by atoms with Crippen LogP contribution in [0, 0.1) is 10.1 Å². The van der Waals surface area contributed by atoms with Crippen molar-refractivity contribution in [1.82, 2.24) is 5.43 Å². The largest absolute Gasteiger partial charge is 0.504 e. The molecule has 0 aliphatic carbocycles. The lowest BCUT2D eigenvalue weighted by atomic mass is 10.1. The van der Waals surface area contributed by atoms with E-state index in [1.807, 2.05) is 0 Å². The van der Waals surface area contributed by atoms with Gasteiger partial charge in [0, 0.05) is 0 Å². The van der Waals surface area contributed by atoms with Gasteiger partial charge >= 0.3 is 0 Å².